The van der Waals surface area contributed by atoms with Gasteiger partial charge in [0.05, 0.1) is 16.1 Å². The number of likely N-dealkylation sites (N-methyl/N-ethyl adjacent to an activating group) is 1. The topological polar surface area (TPSA) is 32.3 Å². The maximum absolute atomic E-state index is 11.8. The molecule has 0 spiro atoms. The molecule has 0 saturated carbocycles. The Morgan fingerprint density at radius 1 is 1.47 bits per heavy atom. The molecule has 3 nitrogen and oxygen atoms in total. The van der Waals surface area contributed by atoms with Gasteiger partial charge in [-0.2, -0.15) is 0 Å². The average molecular weight is 301 g/mol. The Balaban J connectivity index is 2.62. The highest BCUT2D eigenvalue weighted by Crippen LogP contribution is 2.23. The van der Waals surface area contributed by atoms with Crippen LogP contribution in [0.4, 0.5) is 0 Å². The summed E-state index contributed by atoms with van der Waals surface area (Å²) in [5, 5.41) is 3.83. The van der Waals surface area contributed by atoms with Crippen molar-refractivity contribution in [1.82, 2.24) is 10.2 Å². The predicted octanol–water partition coefficient (Wildman–Crippen LogP) is 3.12. The van der Waals surface area contributed by atoms with Gasteiger partial charge in [0.15, 0.2) is 0 Å². The van der Waals surface area contributed by atoms with E-state index in [1.165, 1.54) is 0 Å². The lowest BCUT2D eigenvalue weighted by Gasteiger charge is -2.23. The molecule has 0 aromatic heterocycles. The zero-order chi connectivity index (χ0) is 14.4. The summed E-state index contributed by atoms with van der Waals surface area (Å²) < 4.78 is 0. The van der Waals surface area contributed by atoms with Gasteiger partial charge in [-0.05, 0) is 31.7 Å². The summed E-state index contributed by atoms with van der Waals surface area (Å²) in [5.41, 5.74) is 1.01. The van der Waals surface area contributed by atoms with Crippen LogP contribution < -0.4 is 5.32 Å². The number of rotatable bonds is 6. The van der Waals surface area contributed by atoms with Crippen molar-refractivity contribution in [1.29, 1.82) is 0 Å². The number of amides is 1. The summed E-state index contributed by atoms with van der Waals surface area (Å²) in [6, 6.07) is 5.25. The largest absolute Gasteiger partial charge is 0.351 e. The van der Waals surface area contributed by atoms with Gasteiger partial charge < -0.3 is 5.32 Å². The number of carbonyl (C=O) groups excluding carboxylic acids is 1. The van der Waals surface area contributed by atoms with E-state index in [0.717, 1.165) is 5.56 Å². The SMILES string of the molecule is C=CCNC(=O)C(C)N(C)Cc1ccc(Cl)c(Cl)c1. The Kier molecular flexibility index (Phi) is 6.35. The smallest absolute Gasteiger partial charge is 0.237 e. The zero-order valence-electron chi connectivity index (χ0n) is 11.1. The molecular weight excluding hydrogens is 283 g/mol. The summed E-state index contributed by atoms with van der Waals surface area (Å²) in [7, 11) is 1.89. The molecule has 0 aliphatic rings. The second-order valence-corrected chi connectivity index (χ2v) is 5.19. The molecule has 1 aromatic carbocycles. The maximum Gasteiger partial charge on any atom is 0.237 e. The lowest BCUT2D eigenvalue weighted by Crippen LogP contribution is -2.42. The van der Waals surface area contributed by atoms with Gasteiger partial charge in [-0.3, -0.25) is 9.69 Å². The first-order valence-corrected chi connectivity index (χ1v) is 6.74. The van der Waals surface area contributed by atoms with Crippen LogP contribution in [0.3, 0.4) is 0 Å². The van der Waals surface area contributed by atoms with E-state index in [1.54, 1.807) is 12.1 Å². The Morgan fingerprint density at radius 3 is 2.74 bits per heavy atom. The van der Waals surface area contributed by atoms with Gasteiger partial charge in [-0.25, -0.2) is 0 Å². The van der Waals surface area contributed by atoms with Crippen LogP contribution in [0.2, 0.25) is 10.0 Å². The number of nitrogens with zero attached hydrogens (tertiary/aromatic N) is 1. The second-order valence-electron chi connectivity index (χ2n) is 4.37. The monoisotopic (exact) mass is 300 g/mol. The number of halogens is 2. The van der Waals surface area contributed by atoms with E-state index in [2.05, 4.69) is 11.9 Å². The van der Waals surface area contributed by atoms with Crippen molar-refractivity contribution in [3.63, 3.8) is 0 Å². The molecule has 0 saturated heterocycles. The highest BCUT2D eigenvalue weighted by atomic mass is 35.5. The fourth-order valence-corrected chi connectivity index (χ4v) is 1.90. The first-order valence-electron chi connectivity index (χ1n) is 5.98. The molecule has 0 heterocycles. The summed E-state index contributed by atoms with van der Waals surface area (Å²) in [5.74, 6) is -0.0255. The third-order valence-corrected chi connectivity index (χ3v) is 3.62. The summed E-state index contributed by atoms with van der Waals surface area (Å²) in [6.45, 7) is 6.52. The van der Waals surface area contributed by atoms with E-state index >= 15 is 0 Å². The lowest BCUT2D eigenvalue weighted by molar-refractivity contribution is -0.125. The van der Waals surface area contributed by atoms with Gasteiger partial charge in [0, 0.05) is 13.1 Å². The molecule has 0 aliphatic heterocycles. The minimum Gasteiger partial charge on any atom is -0.351 e. The van der Waals surface area contributed by atoms with E-state index in [1.807, 2.05) is 31.0 Å². The Morgan fingerprint density at radius 2 is 2.16 bits per heavy atom. The van der Waals surface area contributed by atoms with E-state index in [0.29, 0.717) is 23.1 Å². The number of benzene rings is 1. The first kappa shape index (κ1) is 16.0. The molecule has 0 radical (unpaired) electrons. The Hall–Kier alpha value is -1.03. The standard InChI is InChI=1S/C14H18Cl2N2O/c1-4-7-17-14(19)10(2)18(3)9-11-5-6-12(15)13(16)8-11/h4-6,8,10H,1,7,9H2,2-3H3,(H,17,19). The van der Waals surface area contributed by atoms with E-state index in [4.69, 9.17) is 23.2 Å². The molecular formula is C14H18Cl2N2O. The Labute approximate surface area is 124 Å². The van der Waals surface area contributed by atoms with Crippen molar-refractivity contribution in [2.75, 3.05) is 13.6 Å². The van der Waals surface area contributed by atoms with Crippen LogP contribution in [0.15, 0.2) is 30.9 Å². The number of nitrogens with one attached hydrogen (secondary N) is 1. The highest BCUT2D eigenvalue weighted by molar-refractivity contribution is 6.42. The Bertz CT molecular complexity index is 463. The molecule has 0 aliphatic carbocycles. The number of hydrogen-bond acceptors (Lipinski definition) is 2. The molecule has 0 fully saturated rings. The molecule has 1 amide bonds. The van der Waals surface area contributed by atoms with Gasteiger partial charge in [-0.1, -0.05) is 35.3 Å². The highest BCUT2D eigenvalue weighted by Gasteiger charge is 2.17. The number of hydrogen-bond donors (Lipinski definition) is 1. The predicted molar refractivity (Wildman–Crippen MR) is 80.6 cm³/mol. The minimum absolute atomic E-state index is 0.0255. The average Bonchev–Trinajstić information content (AvgIpc) is 2.39. The van der Waals surface area contributed by atoms with Gasteiger partial charge in [0.1, 0.15) is 0 Å². The van der Waals surface area contributed by atoms with Gasteiger partial charge in [0.2, 0.25) is 5.91 Å². The van der Waals surface area contributed by atoms with Crippen molar-refractivity contribution in [2.45, 2.75) is 19.5 Å². The van der Waals surface area contributed by atoms with Crippen LogP contribution in [0.25, 0.3) is 0 Å². The van der Waals surface area contributed by atoms with Crippen LogP contribution in [-0.4, -0.2) is 30.4 Å². The molecule has 104 valence electrons. The molecule has 1 atom stereocenters. The van der Waals surface area contributed by atoms with Crippen molar-refractivity contribution in [3.05, 3.63) is 46.5 Å². The van der Waals surface area contributed by atoms with Crippen LogP contribution in [0.5, 0.6) is 0 Å². The van der Waals surface area contributed by atoms with Crippen LogP contribution in [0, 0.1) is 0 Å². The molecule has 1 unspecified atom stereocenters. The maximum atomic E-state index is 11.8. The zero-order valence-corrected chi connectivity index (χ0v) is 12.6. The molecule has 19 heavy (non-hydrogen) atoms. The van der Waals surface area contributed by atoms with Gasteiger partial charge >= 0.3 is 0 Å². The summed E-state index contributed by atoms with van der Waals surface area (Å²) >= 11 is 11.8. The molecule has 1 rings (SSSR count). The third kappa shape index (κ3) is 4.86. The van der Waals surface area contributed by atoms with E-state index < -0.39 is 0 Å². The van der Waals surface area contributed by atoms with Crippen molar-refractivity contribution in [2.24, 2.45) is 0 Å². The van der Waals surface area contributed by atoms with Crippen LogP contribution >= 0.6 is 23.2 Å². The van der Waals surface area contributed by atoms with Crippen LogP contribution in [-0.2, 0) is 11.3 Å². The van der Waals surface area contributed by atoms with Crippen molar-refractivity contribution in [3.8, 4) is 0 Å². The minimum atomic E-state index is -0.227. The number of carbonyl (C=O) groups is 1. The van der Waals surface area contributed by atoms with Crippen molar-refractivity contribution >= 4 is 29.1 Å². The summed E-state index contributed by atoms with van der Waals surface area (Å²) in [4.78, 5) is 13.7. The van der Waals surface area contributed by atoms with E-state index in [-0.39, 0.29) is 11.9 Å². The van der Waals surface area contributed by atoms with Gasteiger partial charge in [-0.15, -0.1) is 6.58 Å². The van der Waals surface area contributed by atoms with Gasteiger partial charge in [0.25, 0.3) is 0 Å². The van der Waals surface area contributed by atoms with Crippen LogP contribution in [0.1, 0.15) is 12.5 Å². The fraction of sp³-hybridized carbons (Fsp3) is 0.357. The third-order valence-electron chi connectivity index (χ3n) is 2.88. The molecule has 1 N–H and O–H groups in total. The second kappa shape index (κ2) is 7.53. The quantitative estimate of drug-likeness (QED) is 0.819. The first-order chi connectivity index (χ1) is 8.95. The van der Waals surface area contributed by atoms with Crippen molar-refractivity contribution < 1.29 is 4.79 Å². The lowest BCUT2D eigenvalue weighted by atomic mass is 10.2. The molecule has 0 bridgehead atoms. The summed E-state index contributed by atoms with van der Waals surface area (Å²) in [6.07, 6.45) is 1.66. The normalized spacial score (nSPS) is 12.3. The fourth-order valence-electron chi connectivity index (χ4n) is 1.58. The molecule has 1 aromatic rings. The molecule has 5 heteroatoms. The van der Waals surface area contributed by atoms with E-state index in [9.17, 15) is 4.79 Å².